The molecule has 0 spiro atoms. The molecule has 2 atom stereocenters. The zero-order chi connectivity index (χ0) is 14.7. The number of rotatable bonds is 5. The molecule has 2 fully saturated rings. The molecule has 0 N–H and O–H groups in total. The largest absolute Gasteiger partial charge is 0.299 e. The van der Waals surface area contributed by atoms with Gasteiger partial charge >= 0.3 is 0 Å². The van der Waals surface area contributed by atoms with Crippen LogP contribution in [0.4, 0.5) is 0 Å². The molecule has 110 valence electrons. The van der Waals surface area contributed by atoms with Gasteiger partial charge in [-0.2, -0.15) is 0 Å². The maximum Gasteiger partial charge on any atom is 0.137 e. The quantitative estimate of drug-likeness (QED) is 0.771. The van der Waals surface area contributed by atoms with E-state index in [0.717, 1.165) is 19.4 Å². The number of carbonyl (C=O) groups is 1. The fourth-order valence-corrected chi connectivity index (χ4v) is 3.99. The van der Waals surface area contributed by atoms with Crippen molar-refractivity contribution in [2.24, 2.45) is 5.92 Å². The Labute approximate surface area is 127 Å². The first-order valence-corrected chi connectivity index (χ1v) is 8.03. The number of fused-ring (bicyclic) bond motifs is 2. The molecular formula is C19H23NO. The molecule has 2 saturated heterocycles. The molecule has 1 aromatic rings. The number of hydrogen-bond donors (Lipinski definition) is 0. The lowest BCUT2D eigenvalue weighted by molar-refractivity contribution is -0.125. The average molecular weight is 281 g/mol. The smallest absolute Gasteiger partial charge is 0.137 e. The van der Waals surface area contributed by atoms with Gasteiger partial charge in [-0.25, -0.2) is 0 Å². The van der Waals surface area contributed by atoms with Crippen LogP contribution in [0.1, 0.15) is 44.1 Å². The number of piperidine rings is 1. The zero-order valence-corrected chi connectivity index (χ0v) is 12.5. The van der Waals surface area contributed by atoms with Crippen molar-refractivity contribution in [1.29, 1.82) is 0 Å². The van der Waals surface area contributed by atoms with Crippen LogP contribution in [0.15, 0.2) is 30.3 Å². The van der Waals surface area contributed by atoms with Crippen molar-refractivity contribution in [2.75, 3.05) is 0 Å². The van der Waals surface area contributed by atoms with Crippen molar-refractivity contribution in [3.63, 3.8) is 0 Å². The summed E-state index contributed by atoms with van der Waals surface area (Å²) in [5, 5.41) is 0. The van der Waals surface area contributed by atoms with Gasteiger partial charge in [-0.05, 0) is 31.2 Å². The van der Waals surface area contributed by atoms with Crippen molar-refractivity contribution < 1.29 is 4.79 Å². The lowest BCUT2D eigenvalue weighted by Gasteiger charge is -2.38. The molecule has 0 radical (unpaired) electrons. The van der Waals surface area contributed by atoms with Crippen LogP contribution in [0.5, 0.6) is 0 Å². The summed E-state index contributed by atoms with van der Waals surface area (Å²) < 4.78 is 0. The lowest BCUT2D eigenvalue weighted by Crippen LogP contribution is -2.44. The van der Waals surface area contributed by atoms with Crippen LogP contribution in [0, 0.1) is 18.3 Å². The van der Waals surface area contributed by atoms with Gasteiger partial charge in [0.1, 0.15) is 5.78 Å². The monoisotopic (exact) mass is 281 g/mol. The second-order valence-electron chi connectivity index (χ2n) is 6.38. The number of carbonyl (C=O) groups excluding carboxylic acids is 1. The normalized spacial score (nSPS) is 28.2. The Bertz CT molecular complexity index is 516. The molecule has 0 amide bonds. The molecule has 2 aliphatic heterocycles. The van der Waals surface area contributed by atoms with Crippen LogP contribution < -0.4 is 0 Å². The maximum atomic E-state index is 12.2. The van der Waals surface area contributed by atoms with Gasteiger partial charge in [-0.1, -0.05) is 30.3 Å². The third kappa shape index (κ3) is 3.19. The number of hydrogen-bond acceptors (Lipinski definition) is 2. The van der Waals surface area contributed by atoms with E-state index in [-0.39, 0.29) is 5.92 Å². The van der Waals surface area contributed by atoms with Crippen molar-refractivity contribution in [1.82, 2.24) is 4.90 Å². The Kier molecular flexibility index (Phi) is 4.41. The standard InChI is InChI=1S/C19H23NO/c1-2-3-9-19(21)16-12-17-10-11-18(13-16)20(17)14-15-7-5-4-6-8-15/h1,4-8,16-18H,3,9-14H2. The van der Waals surface area contributed by atoms with E-state index in [1.165, 1.54) is 18.4 Å². The second-order valence-corrected chi connectivity index (χ2v) is 6.38. The summed E-state index contributed by atoms with van der Waals surface area (Å²) in [5.74, 6) is 3.23. The SMILES string of the molecule is C#CCCC(=O)C1CC2CCC(C1)N2Cc1ccccc1. The van der Waals surface area contributed by atoms with Gasteiger partial charge in [0.25, 0.3) is 0 Å². The summed E-state index contributed by atoms with van der Waals surface area (Å²) in [4.78, 5) is 14.9. The van der Waals surface area contributed by atoms with E-state index in [9.17, 15) is 4.79 Å². The van der Waals surface area contributed by atoms with Gasteiger partial charge in [0.15, 0.2) is 0 Å². The number of terminal acetylenes is 1. The molecule has 2 aliphatic rings. The highest BCUT2D eigenvalue weighted by Crippen LogP contribution is 2.40. The fraction of sp³-hybridized carbons (Fsp3) is 0.526. The van der Waals surface area contributed by atoms with Crippen LogP contribution in [-0.4, -0.2) is 22.8 Å². The lowest BCUT2D eigenvalue weighted by atomic mass is 9.85. The highest BCUT2D eigenvalue weighted by Gasteiger charge is 2.42. The van der Waals surface area contributed by atoms with E-state index in [1.54, 1.807) is 0 Å². The first-order valence-electron chi connectivity index (χ1n) is 8.03. The van der Waals surface area contributed by atoms with Gasteiger partial charge in [-0.15, -0.1) is 12.3 Å². The number of Topliss-reactive ketones (excluding diaryl/α,β-unsaturated/α-hetero) is 1. The molecule has 21 heavy (non-hydrogen) atoms. The Morgan fingerprint density at radius 3 is 2.48 bits per heavy atom. The molecule has 2 bridgehead atoms. The molecule has 0 aliphatic carbocycles. The van der Waals surface area contributed by atoms with Crippen molar-refractivity contribution in [3.05, 3.63) is 35.9 Å². The molecule has 2 heteroatoms. The summed E-state index contributed by atoms with van der Waals surface area (Å²) in [7, 11) is 0. The summed E-state index contributed by atoms with van der Waals surface area (Å²) in [6.07, 6.45) is 11.0. The first kappa shape index (κ1) is 14.4. The number of nitrogens with zero attached hydrogens (tertiary/aromatic N) is 1. The van der Waals surface area contributed by atoms with E-state index in [0.29, 0.717) is 30.7 Å². The molecule has 3 rings (SSSR count). The topological polar surface area (TPSA) is 20.3 Å². The van der Waals surface area contributed by atoms with Gasteiger partial charge < -0.3 is 0 Å². The van der Waals surface area contributed by atoms with Crippen LogP contribution in [0.25, 0.3) is 0 Å². The first-order chi connectivity index (χ1) is 10.3. The van der Waals surface area contributed by atoms with E-state index >= 15 is 0 Å². The zero-order valence-electron chi connectivity index (χ0n) is 12.5. The van der Waals surface area contributed by atoms with Gasteiger partial charge in [0.05, 0.1) is 0 Å². The van der Waals surface area contributed by atoms with E-state index in [4.69, 9.17) is 6.42 Å². The van der Waals surface area contributed by atoms with Gasteiger partial charge in [0.2, 0.25) is 0 Å². The summed E-state index contributed by atoms with van der Waals surface area (Å²) in [6.45, 7) is 1.03. The summed E-state index contributed by atoms with van der Waals surface area (Å²) >= 11 is 0. The predicted molar refractivity (Wildman–Crippen MR) is 84.6 cm³/mol. The number of benzene rings is 1. The van der Waals surface area contributed by atoms with Crippen LogP contribution in [-0.2, 0) is 11.3 Å². The van der Waals surface area contributed by atoms with Gasteiger partial charge in [-0.3, -0.25) is 9.69 Å². The van der Waals surface area contributed by atoms with Crippen molar-refractivity contribution in [2.45, 2.75) is 57.2 Å². The van der Waals surface area contributed by atoms with Crippen molar-refractivity contribution >= 4 is 5.78 Å². The Morgan fingerprint density at radius 2 is 1.86 bits per heavy atom. The minimum atomic E-state index is 0.253. The average Bonchev–Trinajstić information content (AvgIpc) is 2.75. The Balaban J connectivity index is 1.62. The van der Waals surface area contributed by atoms with Crippen LogP contribution in [0.3, 0.4) is 0 Å². The number of ketones is 1. The van der Waals surface area contributed by atoms with Gasteiger partial charge in [0, 0.05) is 37.4 Å². The maximum absolute atomic E-state index is 12.2. The third-order valence-electron chi connectivity index (χ3n) is 5.06. The molecule has 2 unspecified atom stereocenters. The third-order valence-corrected chi connectivity index (χ3v) is 5.06. The highest BCUT2D eigenvalue weighted by molar-refractivity contribution is 5.81. The van der Waals surface area contributed by atoms with Crippen LogP contribution in [0.2, 0.25) is 0 Å². The molecule has 2 nitrogen and oxygen atoms in total. The summed E-state index contributed by atoms with van der Waals surface area (Å²) in [6, 6.07) is 11.8. The van der Waals surface area contributed by atoms with Crippen molar-refractivity contribution in [3.8, 4) is 12.3 Å². The molecular weight excluding hydrogens is 258 g/mol. The predicted octanol–water partition coefficient (Wildman–Crippen LogP) is 3.41. The molecule has 2 heterocycles. The minimum absolute atomic E-state index is 0.253. The minimum Gasteiger partial charge on any atom is -0.299 e. The van der Waals surface area contributed by atoms with Crippen LogP contribution >= 0.6 is 0 Å². The molecule has 0 saturated carbocycles. The van der Waals surface area contributed by atoms with E-state index < -0.39 is 0 Å². The molecule has 0 aromatic heterocycles. The fourth-order valence-electron chi connectivity index (χ4n) is 3.99. The van der Waals surface area contributed by atoms with E-state index in [1.807, 2.05) is 0 Å². The summed E-state index contributed by atoms with van der Waals surface area (Å²) in [5.41, 5.74) is 1.38. The highest BCUT2D eigenvalue weighted by atomic mass is 16.1. The molecule has 1 aromatic carbocycles. The second kappa shape index (κ2) is 6.45. The Hall–Kier alpha value is -1.59. The van der Waals surface area contributed by atoms with E-state index in [2.05, 4.69) is 41.2 Å². The Morgan fingerprint density at radius 1 is 1.19 bits per heavy atom.